The van der Waals surface area contributed by atoms with Crippen LogP contribution in [0.25, 0.3) is 0 Å². The third-order valence-corrected chi connectivity index (χ3v) is 3.70. The molecule has 1 aromatic rings. The van der Waals surface area contributed by atoms with Gasteiger partial charge < -0.3 is 14.2 Å². The van der Waals surface area contributed by atoms with Crippen molar-refractivity contribution in [1.29, 1.82) is 5.41 Å². The zero-order valence-electron chi connectivity index (χ0n) is 12.7. The first-order valence-electron chi connectivity index (χ1n) is 6.59. The second kappa shape index (κ2) is 8.68. The largest absolute Gasteiger partial charge is 0.464 e. The highest BCUT2D eigenvalue weighted by Crippen LogP contribution is 2.16. The summed E-state index contributed by atoms with van der Waals surface area (Å²) in [6.45, 7) is 0.974. The molecule has 1 aromatic heterocycles. The molecule has 0 saturated heterocycles. The summed E-state index contributed by atoms with van der Waals surface area (Å²) in [6, 6.07) is 3.96. The Balaban J connectivity index is 2.23. The number of rotatable bonds is 9. The fourth-order valence-corrected chi connectivity index (χ4v) is 2.55. The molecule has 0 aliphatic rings. The van der Waals surface area contributed by atoms with E-state index in [1.165, 1.54) is 0 Å². The minimum Gasteiger partial charge on any atom is -0.464 e. The molecule has 8 heteroatoms. The topological polar surface area (TPSA) is 86.6 Å². The Morgan fingerprint density at radius 3 is 2.67 bits per heavy atom. The van der Waals surface area contributed by atoms with Crippen LogP contribution in [0.4, 0.5) is 0 Å². The van der Waals surface area contributed by atoms with Crippen LogP contribution in [0.5, 0.6) is 0 Å². The highest BCUT2D eigenvalue weighted by atomic mass is 32.2. The number of amidine groups is 1. The molecule has 0 radical (unpaired) electrons. The maximum absolute atomic E-state index is 10.3. The fourth-order valence-electron chi connectivity index (χ4n) is 1.65. The van der Waals surface area contributed by atoms with Gasteiger partial charge in [0.15, 0.2) is 5.84 Å². The summed E-state index contributed by atoms with van der Waals surface area (Å²) in [6.07, 6.45) is 0. The van der Waals surface area contributed by atoms with E-state index in [9.17, 15) is 10.1 Å². The SMILES string of the molecule is CN(C)Cc1ccc(CSCCN(C)C(=N)C[N+](=O)[O-])o1. The predicted octanol–water partition coefficient (Wildman–Crippen LogP) is 1.76. The van der Waals surface area contributed by atoms with Gasteiger partial charge in [-0.3, -0.25) is 15.5 Å². The summed E-state index contributed by atoms with van der Waals surface area (Å²) < 4.78 is 5.69. The minimum atomic E-state index is -0.485. The van der Waals surface area contributed by atoms with Crippen LogP contribution in [0.2, 0.25) is 0 Å². The second-order valence-electron chi connectivity index (χ2n) is 5.02. The van der Waals surface area contributed by atoms with Gasteiger partial charge in [-0.15, -0.1) is 0 Å². The lowest BCUT2D eigenvalue weighted by molar-refractivity contribution is -0.464. The van der Waals surface area contributed by atoms with E-state index < -0.39 is 11.5 Å². The summed E-state index contributed by atoms with van der Waals surface area (Å²) in [4.78, 5) is 13.5. The number of furan rings is 1. The third kappa shape index (κ3) is 7.14. The van der Waals surface area contributed by atoms with Gasteiger partial charge in [0.25, 0.3) is 6.54 Å². The molecule has 118 valence electrons. The average molecular weight is 314 g/mol. The fraction of sp³-hybridized carbons (Fsp3) is 0.615. The highest BCUT2D eigenvalue weighted by molar-refractivity contribution is 7.98. The molecule has 1 rings (SSSR count). The van der Waals surface area contributed by atoms with Gasteiger partial charge in [0.2, 0.25) is 0 Å². The highest BCUT2D eigenvalue weighted by Gasteiger charge is 2.10. The Morgan fingerprint density at radius 2 is 2.05 bits per heavy atom. The molecule has 1 N–H and O–H groups in total. The summed E-state index contributed by atoms with van der Waals surface area (Å²) in [5.41, 5.74) is 0. The number of nitrogens with one attached hydrogen (secondary N) is 1. The molecule has 0 fully saturated rings. The molecule has 0 saturated carbocycles. The molecule has 0 atom stereocenters. The molecular formula is C13H22N4O3S. The molecule has 0 bridgehead atoms. The van der Waals surface area contributed by atoms with E-state index >= 15 is 0 Å². The van der Waals surface area contributed by atoms with Gasteiger partial charge in [0, 0.05) is 24.3 Å². The van der Waals surface area contributed by atoms with Crippen LogP contribution in [-0.2, 0) is 12.3 Å². The van der Waals surface area contributed by atoms with Gasteiger partial charge in [0.1, 0.15) is 11.5 Å². The van der Waals surface area contributed by atoms with Crippen LogP contribution >= 0.6 is 11.8 Å². The van der Waals surface area contributed by atoms with Crippen molar-refractivity contribution in [2.75, 3.05) is 40.0 Å². The third-order valence-electron chi connectivity index (χ3n) is 2.74. The molecule has 0 unspecified atom stereocenters. The van der Waals surface area contributed by atoms with Crippen LogP contribution in [0, 0.1) is 15.5 Å². The van der Waals surface area contributed by atoms with Crippen molar-refractivity contribution in [3.05, 3.63) is 33.8 Å². The molecule has 0 aromatic carbocycles. The first-order valence-corrected chi connectivity index (χ1v) is 7.74. The van der Waals surface area contributed by atoms with Crippen molar-refractivity contribution in [1.82, 2.24) is 9.80 Å². The maximum atomic E-state index is 10.3. The van der Waals surface area contributed by atoms with E-state index in [4.69, 9.17) is 9.83 Å². The molecule has 1 heterocycles. The van der Waals surface area contributed by atoms with E-state index in [1.807, 2.05) is 31.1 Å². The van der Waals surface area contributed by atoms with Gasteiger partial charge in [-0.05, 0) is 26.2 Å². The summed E-state index contributed by atoms with van der Waals surface area (Å²) >= 11 is 1.69. The lowest BCUT2D eigenvalue weighted by atomic mass is 10.4. The Bertz CT molecular complexity index is 476. The quantitative estimate of drug-likeness (QED) is 0.246. The summed E-state index contributed by atoms with van der Waals surface area (Å²) in [5, 5.41) is 17.9. The molecule has 0 spiro atoms. The predicted molar refractivity (Wildman–Crippen MR) is 84.5 cm³/mol. The summed E-state index contributed by atoms with van der Waals surface area (Å²) in [5.74, 6) is 3.47. The van der Waals surface area contributed by atoms with Crippen molar-refractivity contribution >= 4 is 17.6 Å². The van der Waals surface area contributed by atoms with Crippen LogP contribution in [0.15, 0.2) is 16.5 Å². The smallest absolute Gasteiger partial charge is 0.259 e. The molecule has 0 amide bonds. The van der Waals surface area contributed by atoms with Crippen molar-refractivity contribution < 1.29 is 9.34 Å². The molecular weight excluding hydrogens is 292 g/mol. The van der Waals surface area contributed by atoms with Crippen LogP contribution in [-0.4, -0.2) is 60.5 Å². The lowest BCUT2D eigenvalue weighted by Gasteiger charge is -2.16. The Kier molecular flexibility index (Phi) is 7.24. The standard InChI is InChI=1S/C13H22N4O3S/c1-15(2)8-11-4-5-12(20-11)10-21-7-6-16(3)13(14)9-17(18)19/h4-5,14H,6-10H2,1-3H3. The first-order chi connectivity index (χ1) is 9.88. The van der Waals surface area contributed by atoms with Crippen LogP contribution in [0.3, 0.4) is 0 Å². The van der Waals surface area contributed by atoms with Crippen molar-refractivity contribution in [3.63, 3.8) is 0 Å². The average Bonchev–Trinajstić information content (AvgIpc) is 2.80. The van der Waals surface area contributed by atoms with Crippen molar-refractivity contribution in [2.45, 2.75) is 12.3 Å². The van der Waals surface area contributed by atoms with E-state index in [0.29, 0.717) is 6.54 Å². The van der Waals surface area contributed by atoms with E-state index in [-0.39, 0.29) is 5.84 Å². The first kappa shape index (κ1) is 17.5. The summed E-state index contributed by atoms with van der Waals surface area (Å²) in [7, 11) is 5.69. The Hall–Kier alpha value is -1.54. The Labute approximate surface area is 128 Å². The van der Waals surface area contributed by atoms with Gasteiger partial charge in [-0.25, -0.2) is 0 Å². The van der Waals surface area contributed by atoms with Gasteiger partial charge >= 0.3 is 0 Å². The van der Waals surface area contributed by atoms with Crippen LogP contribution < -0.4 is 0 Å². The van der Waals surface area contributed by atoms with Gasteiger partial charge in [0.05, 0.1) is 12.3 Å². The number of hydrogen-bond donors (Lipinski definition) is 1. The number of nitrogens with zero attached hydrogens (tertiary/aromatic N) is 3. The number of thioether (sulfide) groups is 1. The zero-order valence-corrected chi connectivity index (χ0v) is 13.5. The number of likely N-dealkylation sites (N-methyl/N-ethyl adjacent to an activating group) is 1. The van der Waals surface area contributed by atoms with E-state index in [1.54, 1.807) is 23.7 Å². The van der Waals surface area contributed by atoms with Gasteiger partial charge in [-0.2, -0.15) is 11.8 Å². The van der Waals surface area contributed by atoms with Gasteiger partial charge in [-0.1, -0.05) is 0 Å². The minimum absolute atomic E-state index is 0.0341. The normalized spacial score (nSPS) is 10.9. The number of nitro groups is 1. The zero-order chi connectivity index (χ0) is 15.8. The molecule has 21 heavy (non-hydrogen) atoms. The van der Waals surface area contributed by atoms with Crippen molar-refractivity contribution in [3.8, 4) is 0 Å². The van der Waals surface area contributed by atoms with E-state index in [2.05, 4.69) is 0 Å². The molecule has 0 aliphatic carbocycles. The second-order valence-corrected chi connectivity index (χ2v) is 6.12. The van der Waals surface area contributed by atoms with E-state index in [0.717, 1.165) is 29.6 Å². The monoisotopic (exact) mass is 314 g/mol. The Morgan fingerprint density at radius 1 is 1.38 bits per heavy atom. The maximum Gasteiger partial charge on any atom is 0.259 e. The molecule has 0 aliphatic heterocycles. The number of hydrogen-bond acceptors (Lipinski definition) is 6. The van der Waals surface area contributed by atoms with Crippen molar-refractivity contribution in [2.24, 2.45) is 0 Å². The van der Waals surface area contributed by atoms with Crippen LogP contribution in [0.1, 0.15) is 11.5 Å². The molecule has 7 nitrogen and oxygen atoms in total. The lowest BCUT2D eigenvalue weighted by Crippen LogP contribution is -2.33.